The SMILES string of the molecule is CCONC(=O)c1ccccc1SC(F)(F)F. The number of carbonyl (C=O) groups excluding carboxylic acids is 1. The summed E-state index contributed by atoms with van der Waals surface area (Å²) in [5.41, 5.74) is -2.44. The standard InChI is InChI=1S/C10H10F3NO2S/c1-2-16-14-9(15)7-5-3-4-6-8(7)17-10(11,12)13/h3-6H,2H2,1H3,(H,14,15). The quantitative estimate of drug-likeness (QED) is 0.672. The van der Waals surface area contributed by atoms with Crippen LogP contribution in [0.3, 0.4) is 0 Å². The molecule has 0 radical (unpaired) electrons. The number of hydrogen-bond donors (Lipinski definition) is 1. The Morgan fingerprint density at radius 2 is 2.06 bits per heavy atom. The van der Waals surface area contributed by atoms with Gasteiger partial charge < -0.3 is 0 Å². The van der Waals surface area contributed by atoms with Gasteiger partial charge in [-0.1, -0.05) is 12.1 Å². The van der Waals surface area contributed by atoms with Crippen LogP contribution in [0.25, 0.3) is 0 Å². The highest BCUT2D eigenvalue weighted by atomic mass is 32.2. The predicted octanol–water partition coefficient (Wildman–Crippen LogP) is 2.98. The number of amides is 1. The molecule has 94 valence electrons. The maximum absolute atomic E-state index is 12.2. The van der Waals surface area contributed by atoms with E-state index in [1.807, 2.05) is 0 Å². The number of carbonyl (C=O) groups is 1. The monoisotopic (exact) mass is 265 g/mol. The van der Waals surface area contributed by atoms with Gasteiger partial charge in [0, 0.05) is 4.90 Å². The maximum Gasteiger partial charge on any atom is 0.446 e. The Hall–Kier alpha value is -1.21. The van der Waals surface area contributed by atoms with Crippen molar-refractivity contribution in [1.29, 1.82) is 0 Å². The van der Waals surface area contributed by atoms with Crippen LogP contribution in [0.15, 0.2) is 29.2 Å². The van der Waals surface area contributed by atoms with Gasteiger partial charge in [-0.05, 0) is 30.8 Å². The van der Waals surface area contributed by atoms with E-state index in [1.54, 1.807) is 6.92 Å². The molecule has 0 spiro atoms. The first-order valence-electron chi connectivity index (χ1n) is 4.71. The van der Waals surface area contributed by atoms with Crippen molar-refractivity contribution in [3.05, 3.63) is 29.8 Å². The molecule has 1 N–H and O–H groups in total. The highest BCUT2D eigenvalue weighted by molar-refractivity contribution is 8.00. The molecule has 3 nitrogen and oxygen atoms in total. The van der Waals surface area contributed by atoms with Gasteiger partial charge in [0.25, 0.3) is 5.91 Å². The van der Waals surface area contributed by atoms with Crippen LogP contribution in [-0.2, 0) is 4.84 Å². The Bertz CT molecular complexity index is 395. The minimum absolute atomic E-state index is 0.0664. The first kappa shape index (κ1) is 13.9. The Kier molecular flexibility index (Phi) is 4.83. The molecule has 0 heterocycles. The lowest BCUT2D eigenvalue weighted by atomic mass is 10.2. The van der Waals surface area contributed by atoms with Gasteiger partial charge >= 0.3 is 5.51 Å². The number of rotatable bonds is 4. The van der Waals surface area contributed by atoms with Gasteiger partial charge in [0.1, 0.15) is 0 Å². The molecule has 0 atom stereocenters. The van der Waals surface area contributed by atoms with Crippen LogP contribution in [-0.4, -0.2) is 18.0 Å². The van der Waals surface area contributed by atoms with Crippen LogP contribution in [0.2, 0.25) is 0 Å². The number of thioether (sulfide) groups is 1. The molecule has 0 aliphatic carbocycles. The fourth-order valence-electron chi connectivity index (χ4n) is 1.06. The van der Waals surface area contributed by atoms with Crippen LogP contribution in [0.5, 0.6) is 0 Å². The Morgan fingerprint density at radius 1 is 1.41 bits per heavy atom. The molecule has 7 heteroatoms. The van der Waals surface area contributed by atoms with Gasteiger partial charge in [-0.2, -0.15) is 13.2 Å². The number of hydrogen-bond acceptors (Lipinski definition) is 3. The zero-order valence-corrected chi connectivity index (χ0v) is 9.69. The third-order valence-corrected chi connectivity index (χ3v) is 2.47. The summed E-state index contributed by atoms with van der Waals surface area (Å²) in [6.45, 7) is 1.89. The van der Waals surface area contributed by atoms with Crippen molar-refractivity contribution in [2.45, 2.75) is 17.3 Å². The van der Waals surface area contributed by atoms with E-state index in [1.165, 1.54) is 24.3 Å². The van der Waals surface area contributed by atoms with Crippen molar-refractivity contribution in [1.82, 2.24) is 5.48 Å². The summed E-state index contributed by atoms with van der Waals surface area (Å²) in [6.07, 6.45) is 0. The second kappa shape index (κ2) is 5.92. The van der Waals surface area contributed by atoms with Gasteiger partial charge in [-0.3, -0.25) is 9.63 Å². The number of halogens is 3. The summed E-state index contributed by atoms with van der Waals surface area (Å²) in [7, 11) is 0. The van der Waals surface area contributed by atoms with Gasteiger partial charge in [-0.15, -0.1) is 0 Å². The van der Waals surface area contributed by atoms with E-state index in [4.69, 9.17) is 0 Å². The molecular formula is C10H10F3NO2S. The third kappa shape index (κ3) is 4.66. The smallest absolute Gasteiger partial charge is 0.274 e. The van der Waals surface area contributed by atoms with Crippen LogP contribution in [0.4, 0.5) is 13.2 Å². The molecule has 17 heavy (non-hydrogen) atoms. The zero-order chi connectivity index (χ0) is 12.9. The number of alkyl halides is 3. The van der Waals surface area contributed by atoms with Gasteiger partial charge in [0.15, 0.2) is 0 Å². The molecule has 0 aromatic heterocycles. The van der Waals surface area contributed by atoms with Crippen LogP contribution in [0, 0.1) is 0 Å². The molecule has 1 aromatic rings. The van der Waals surface area contributed by atoms with E-state index in [0.717, 1.165) is 0 Å². The highest BCUT2D eigenvalue weighted by Gasteiger charge is 2.31. The normalized spacial score (nSPS) is 11.3. The zero-order valence-electron chi connectivity index (χ0n) is 8.88. The molecule has 0 saturated heterocycles. The Balaban J connectivity index is 2.88. The molecule has 0 unspecified atom stereocenters. The topological polar surface area (TPSA) is 38.3 Å². The molecule has 1 rings (SSSR count). The molecule has 0 saturated carbocycles. The second-order valence-electron chi connectivity index (χ2n) is 2.91. The number of nitrogens with one attached hydrogen (secondary N) is 1. The molecule has 0 fully saturated rings. The Morgan fingerprint density at radius 3 is 2.65 bits per heavy atom. The minimum Gasteiger partial charge on any atom is -0.274 e. The maximum atomic E-state index is 12.2. The molecule has 0 bridgehead atoms. The van der Waals surface area contributed by atoms with Crippen molar-refractivity contribution in [2.75, 3.05) is 6.61 Å². The van der Waals surface area contributed by atoms with Gasteiger partial charge in [0.05, 0.1) is 12.2 Å². The van der Waals surface area contributed by atoms with Crippen LogP contribution in [0.1, 0.15) is 17.3 Å². The summed E-state index contributed by atoms with van der Waals surface area (Å²) in [4.78, 5) is 16.0. The third-order valence-electron chi connectivity index (χ3n) is 1.67. The van der Waals surface area contributed by atoms with Crippen molar-refractivity contribution in [3.8, 4) is 0 Å². The number of benzene rings is 1. The molecule has 1 amide bonds. The highest BCUT2D eigenvalue weighted by Crippen LogP contribution is 2.38. The lowest BCUT2D eigenvalue weighted by Gasteiger charge is -2.10. The Labute approximate surface area is 100 Å². The van der Waals surface area contributed by atoms with E-state index >= 15 is 0 Å². The summed E-state index contributed by atoms with van der Waals surface area (Å²) in [5, 5.41) is 0. The van der Waals surface area contributed by atoms with E-state index in [9.17, 15) is 18.0 Å². The summed E-state index contributed by atoms with van der Waals surface area (Å²) < 4.78 is 36.7. The van der Waals surface area contributed by atoms with Crippen LogP contribution < -0.4 is 5.48 Å². The van der Waals surface area contributed by atoms with Crippen LogP contribution >= 0.6 is 11.8 Å². The fraction of sp³-hybridized carbons (Fsp3) is 0.300. The van der Waals surface area contributed by atoms with E-state index in [2.05, 4.69) is 10.3 Å². The molecule has 1 aromatic carbocycles. The summed E-state index contributed by atoms with van der Waals surface area (Å²) in [5.74, 6) is -0.695. The summed E-state index contributed by atoms with van der Waals surface area (Å²) >= 11 is -0.327. The predicted molar refractivity (Wildman–Crippen MR) is 57.4 cm³/mol. The average Bonchev–Trinajstić information content (AvgIpc) is 2.24. The molecule has 0 aliphatic rings. The average molecular weight is 265 g/mol. The first-order chi connectivity index (χ1) is 7.94. The summed E-state index contributed by atoms with van der Waals surface area (Å²) in [6, 6.07) is 5.47. The molecule has 0 aliphatic heterocycles. The largest absolute Gasteiger partial charge is 0.446 e. The minimum atomic E-state index is -4.43. The lowest BCUT2D eigenvalue weighted by molar-refractivity contribution is -0.0328. The van der Waals surface area contributed by atoms with E-state index < -0.39 is 11.4 Å². The van der Waals surface area contributed by atoms with Crippen molar-refractivity contribution in [3.63, 3.8) is 0 Å². The van der Waals surface area contributed by atoms with Gasteiger partial charge in [0.2, 0.25) is 0 Å². The van der Waals surface area contributed by atoms with E-state index in [-0.39, 0.29) is 28.8 Å². The number of hydroxylamine groups is 1. The van der Waals surface area contributed by atoms with E-state index in [0.29, 0.717) is 0 Å². The fourth-order valence-corrected chi connectivity index (χ4v) is 1.73. The first-order valence-corrected chi connectivity index (χ1v) is 5.52. The van der Waals surface area contributed by atoms with Gasteiger partial charge in [-0.25, -0.2) is 5.48 Å². The van der Waals surface area contributed by atoms with Crippen molar-refractivity contribution < 1.29 is 22.8 Å². The second-order valence-corrected chi connectivity index (χ2v) is 4.02. The lowest BCUT2D eigenvalue weighted by Crippen LogP contribution is -2.24. The van der Waals surface area contributed by atoms with Crippen molar-refractivity contribution >= 4 is 17.7 Å². The van der Waals surface area contributed by atoms with Crippen molar-refractivity contribution in [2.24, 2.45) is 0 Å². The molecular weight excluding hydrogens is 255 g/mol.